The van der Waals surface area contributed by atoms with Gasteiger partial charge in [0, 0.05) is 23.4 Å². The van der Waals surface area contributed by atoms with Gasteiger partial charge in [0.2, 0.25) is 11.8 Å². The summed E-state index contributed by atoms with van der Waals surface area (Å²) in [4.78, 5) is 25.3. The zero-order valence-corrected chi connectivity index (χ0v) is 17.2. The van der Waals surface area contributed by atoms with Crippen molar-refractivity contribution < 1.29 is 13.9 Å². The second kappa shape index (κ2) is 7.33. The van der Waals surface area contributed by atoms with Crippen LogP contribution in [0.2, 0.25) is 0 Å². The number of fused-ring (bicyclic) bond motifs is 2. The molecule has 1 atom stereocenters. The average molecular weight is 427 g/mol. The number of aromatic nitrogens is 3. The summed E-state index contributed by atoms with van der Waals surface area (Å²) < 4.78 is 12.1. The second-order valence-corrected chi connectivity index (χ2v) is 8.32. The van der Waals surface area contributed by atoms with E-state index in [0.29, 0.717) is 36.1 Å². The summed E-state index contributed by atoms with van der Waals surface area (Å²) in [6.07, 6.45) is 4.45. The van der Waals surface area contributed by atoms with Gasteiger partial charge in [-0.25, -0.2) is 15.0 Å². The van der Waals surface area contributed by atoms with Crippen LogP contribution in [0.25, 0.3) is 22.4 Å². The van der Waals surface area contributed by atoms with Crippen molar-refractivity contribution in [2.24, 2.45) is 0 Å². The van der Waals surface area contributed by atoms with E-state index in [4.69, 9.17) is 14.9 Å². The number of nitrogen functional groups attached to an aromatic ring is 1. The average Bonchev–Trinajstić information content (AvgIpc) is 3.52. The van der Waals surface area contributed by atoms with Crippen LogP contribution in [0, 0.1) is 0 Å². The van der Waals surface area contributed by atoms with Crippen molar-refractivity contribution >= 4 is 23.0 Å². The van der Waals surface area contributed by atoms with Crippen molar-refractivity contribution in [3.05, 3.63) is 65.7 Å². The van der Waals surface area contributed by atoms with Gasteiger partial charge in [0.1, 0.15) is 17.9 Å². The molecule has 1 aliphatic heterocycles. The Morgan fingerprint density at radius 1 is 1.09 bits per heavy atom. The highest BCUT2D eigenvalue weighted by Crippen LogP contribution is 2.35. The summed E-state index contributed by atoms with van der Waals surface area (Å²) in [7, 11) is 0. The molecule has 8 heteroatoms. The lowest BCUT2D eigenvalue weighted by atomic mass is 9.95. The summed E-state index contributed by atoms with van der Waals surface area (Å²) in [6, 6.07) is 13.5. The lowest BCUT2D eigenvalue weighted by Crippen LogP contribution is -2.26. The third kappa shape index (κ3) is 3.53. The Balaban J connectivity index is 1.26. The molecule has 8 nitrogen and oxygen atoms in total. The molecular weight excluding hydrogens is 406 g/mol. The predicted molar refractivity (Wildman–Crippen MR) is 118 cm³/mol. The van der Waals surface area contributed by atoms with Crippen LogP contribution in [0.1, 0.15) is 40.6 Å². The molecule has 2 aromatic carbocycles. The molecule has 4 aromatic rings. The van der Waals surface area contributed by atoms with Crippen molar-refractivity contribution in [2.45, 2.75) is 31.2 Å². The standard InChI is InChI=1S/C24H21N5O3/c25-24-26-8-7-18(29-24)13-1-5-19-21(11-13)32-23(28-19)16-10-15-9-14(2-6-20(15)31-12-16)22(30)27-17-3-4-17/h1-2,5-9,11,16-17H,3-4,10,12H2,(H,27,30)(H2,25,26,29). The molecule has 1 amide bonds. The fraction of sp³-hybridized carbons (Fsp3) is 0.250. The summed E-state index contributed by atoms with van der Waals surface area (Å²) >= 11 is 0. The molecule has 0 saturated heterocycles. The predicted octanol–water partition coefficient (Wildman–Crippen LogP) is 3.48. The molecule has 0 bridgehead atoms. The van der Waals surface area contributed by atoms with Gasteiger partial charge in [0.25, 0.3) is 5.91 Å². The molecule has 1 unspecified atom stereocenters. The maximum atomic E-state index is 12.4. The molecule has 2 aromatic heterocycles. The number of benzene rings is 2. The molecule has 32 heavy (non-hydrogen) atoms. The minimum absolute atomic E-state index is 0.0304. The van der Waals surface area contributed by atoms with Crippen molar-refractivity contribution in [3.63, 3.8) is 0 Å². The van der Waals surface area contributed by atoms with Crippen LogP contribution >= 0.6 is 0 Å². The Bertz CT molecular complexity index is 1340. The zero-order valence-electron chi connectivity index (χ0n) is 17.2. The molecule has 1 aliphatic carbocycles. The Kier molecular flexibility index (Phi) is 4.31. The monoisotopic (exact) mass is 427 g/mol. The van der Waals surface area contributed by atoms with E-state index in [1.54, 1.807) is 12.3 Å². The number of nitrogens with two attached hydrogens (primary N) is 1. The summed E-state index contributed by atoms with van der Waals surface area (Å²) in [5, 5.41) is 3.03. The highest BCUT2D eigenvalue weighted by Gasteiger charge is 2.28. The topological polar surface area (TPSA) is 116 Å². The van der Waals surface area contributed by atoms with Crippen LogP contribution in [0.4, 0.5) is 5.95 Å². The van der Waals surface area contributed by atoms with Gasteiger partial charge in [0.05, 0.1) is 11.6 Å². The van der Waals surface area contributed by atoms with Gasteiger partial charge in [-0.1, -0.05) is 6.07 Å². The van der Waals surface area contributed by atoms with Gasteiger partial charge >= 0.3 is 0 Å². The number of nitrogens with one attached hydrogen (secondary N) is 1. The van der Waals surface area contributed by atoms with Crippen LogP contribution in [-0.2, 0) is 6.42 Å². The number of hydrogen-bond donors (Lipinski definition) is 2. The highest BCUT2D eigenvalue weighted by atomic mass is 16.5. The van der Waals surface area contributed by atoms with Crippen LogP contribution in [0.3, 0.4) is 0 Å². The van der Waals surface area contributed by atoms with Gasteiger partial charge < -0.3 is 20.2 Å². The Labute approximate surface area is 183 Å². The van der Waals surface area contributed by atoms with E-state index in [0.717, 1.165) is 40.9 Å². The van der Waals surface area contributed by atoms with Gasteiger partial charge in [-0.3, -0.25) is 4.79 Å². The second-order valence-electron chi connectivity index (χ2n) is 8.32. The SMILES string of the molecule is Nc1nccc(-c2ccc3nc(C4COc5ccc(C(=O)NC6CC6)cc5C4)oc3c2)n1. The van der Waals surface area contributed by atoms with Crippen molar-refractivity contribution in [3.8, 4) is 17.0 Å². The molecule has 6 rings (SSSR count). The Morgan fingerprint density at radius 3 is 2.84 bits per heavy atom. The number of amides is 1. The van der Waals surface area contributed by atoms with E-state index in [2.05, 4.69) is 20.3 Å². The number of carbonyl (C=O) groups excluding carboxylic acids is 1. The third-order valence-electron chi connectivity index (χ3n) is 5.87. The van der Waals surface area contributed by atoms with Crippen molar-refractivity contribution in [2.75, 3.05) is 12.3 Å². The van der Waals surface area contributed by atoms with E-state index in [-0.39, 0.29) is 17.8 Å². The number of oxazole rings is 1. The minimum atomic E-state index is -0.0326. The smallest absolute Gasteiger partial charge is 0.251 e. The van der Waals surface area contributed by atoms with Crippen LogP contribution in [-0.4, -0.2) is 33.5 Å². The zero-order chi connectivity index (χ0) is 21.7. The quantitative estimate of drug-likeness (QED) is 0.512. The molecule has 0 radical (unpaired) electrons. The van der Waals surface area contributed by atoms with Crippen molar-refractivity contribution in [1.82, 2.24) is 20.3 Å². The van der Waals surface area contributed by atoms with Crippen molar-refractivity contribution in [1.29, 1.82) is 0 Å². The fourth-order valence-electron chi connectivity index (χ4n) is 4.00. The van der Waals surface area contributed by atoms with Gasteiger partial charge in [-0.05, 0) is 61.2 Å². The lowest BCUT2D eigenvalue weighted by molar-refractivity contribution is 0.0951. The first-order chi connectivity index (χ1) is 15.6. The Hall–Kier alpha value is -3.94. The molecule has 160 valence electrons. The van der Waals surface area contributed by atoms with Gasteiger partial charge in [0.15, 0.2) is 5.58 Å². The maximum Gasteiger partial charge on any atom is 0.251 e. The maximum absolute atomic E-state index is 12.4. The first-order valence-electron chi connectivity index (χ1n) is 10.7. The molecule has 3 heterocycles. The normalized spacial score (nSPS) is 17.6. The highest BCUT2D eigenvalue weighted by molar-refractivity contribution is 5.95. The first kappa shape index (κ1) is 18.8. The number of anilines is 1. The van der Waals surface area contributed by atoms with E-state index in [1.165, 1.54) is 0 Å². The van der Waals surface area contributed by atoms with Gasteiger partial charge in [-0.15, -0.1) is 0 Å². The van der Waals surface area contributed by atoms with E-state index in [1.807, 2.05) is 36.4 Å². The van der Waals surface area contributed by atoms with Crippen LogP contribution < -0.4 is 15.8 Å². The molecule has 3 N–H and O–H groups in total. The van der Waals surface area contributed by atoms with E-state index in [9.17, 15) is 4.79 Å². The minimum Gasteiger partial charge on any atom is -0.492 e. The largest absolute Gasteiger partial charge is 0.492 e. The summed E-state index contributed by atoms with van der Waals surface area (Å²) in [6.45, 7) is 0.475. The van der Waals surface area contributed by atoms with E-state index >= 15 is 0 Å². The number of ether oxygens (including phenoxy) is 1. The molecule has 0 spiro atoms. The number of carbonyl (C=O) groups is 1. The van der Waals surface area contributed by atoms with Crippen LogP contribution in [0.15, 0.2) is 53.1 Å². The molecule has 1 fully saturated rings. The summed E-state index contributed by atoms with van der Waals surface area (Å²) in [5.74, 6) is 1.60. The molecule has 2 aliphatic rings. The molecule has 1 saturated carbocycles. The lowest BCUT2D eigenvalue weighted by Gasteiger charge is -2.23. The van der Waals surface area contributed by atoms with E-state index < -0.39 is 0 Å². The molecular formula is C24H21N5O3. The number of hydrogen-bond acceptors (Lipinski definition) is 7. The third-order valence-corrected chi connectivity index (χ3v) is 5.87. The van der Waals surface area contributed by atoms with Crippen LogP contribution in [0.5, 0.6) is 5.75 Å². The Morgan fingerprint density at radius 2 is 2.00 bits per heavy atom. The fourth-order valence-corrected chi connectivity index (χ4v) is 4.00. The summed E-state index contributed by atoms with van der Waals surface area (Å²) in [5.41, 5.74) is 10.4. The number of nitrogens with zero attached hydrogens (tertiary/aromatic N) is 3. The first-order valence-corrected chi connectivity index (χ1v) is 10.7. The number of rotatable bonds is 4. The van der Waals surface area contributed by atoms with Gasteiger partial charge in [-0.2, -0.15) is 0 Å².